The minimum atomic E-state index is -1.22. The van der Waals surface area contributed by atoms with Crippen LogP contribution in [-0.4, -0.2) is 31.9 Å². The summed E-state index contributed by atoms with van der Waals surface area (Å²) in [6.07, 6.45) is 0. The van der Waals surface area contributed by atoms with E-state index < -0.39 is 11.9 Å². The van der Waals surface area contributed by atoms with E-state index >= 15 is 0 Å². The Morgan fingerprint density at radius 1 is 1.29 bits per heavy atom. The van der Waals surface area contributed by atoms with Crippen molar-refractivity contribution in [1.29, 1.82) is 0 Å². The van der Waals surface area contributed by atoms with E-state index in [2.05, 4.69) is 5.10 Å². The van der Waals surface area contributed by atoms with E-state index in [0.717, 1.165) is 6.07 Å². The summed E-state index contributed by atoms with van der Waals surface area (Å²) in [6.45, 7) is 3.54. The van der Waals surface area contributed by atoms with Crippen molar-refractivity contribution in [2.75, 3.05) is 0 Å². The maximum absolute atomic E-state index is 12.1. The number of carboxylic acids is 1. The first-order valence-corrected chi connectivity index (χ1v) is 6.22. The van der Waals surface area contributed by atoms with Crippen molar-refractivity contribution in [3.63, 3.8) is 0 Å². The largest absolute Gasteiger partial charge is 0.508 e. The number of carbonyl (C=O) groups excluding carboxylic acids is 1. The number of phenolic OH excluding ortho intramolecular Hbond substituents is 1. The average Bonchev–Trinajstić information content (AvgIpc) is 2.84. The summed E-state index contributed by atoms with van der Waals surface area (Å²) in [7, 11) is 0. The van der Waals surface area contributed by atoms with Crippen LogP contribution in [0.5, 0.6) is 11.5 Å². The predicted octanol–water partition coefficient (Wildman–Crippen LogP) is 2.09. The number of esters is 1. The topological polar surface area (TPSA) is 102 Å². The number of hydrogen-bond donors (Lipinski definition) is 2. The second kappa shape index (κ2) is 5.66. The van der Waals surface area contributed by atoms with E-state index in [1.165, 1.54) is 28.9 Å². The maximum Gasteiger partial charge on any atom is 0.362 e. The van der Waals surface area contributed by atoms with Gasteiger partial charge in [0.25, 0.3) is 0 Å². The molecule has 21 heavy (non-hydrogen) atoms. The molecule has 0 fully saturated rings. The molecule has 0 radical (unpaired) electrons. The first kappa shape index (κ1) is 14.6. The molecule has 0 aliphatic rings. The number of aromatic carboxylic acids is 1. The quantitative estimate of drug-likeness (QED) is 0.660. The summed E-state index contributed by atoms with van der Waals surface area (Å²) in [4.78, 5) is 23.1. The second-order valence-electron chi connectivity index (χ2n) is 4.65. The van der Waals surface area contributed by atoms with Gasteiger partial charge >= 0.3 is 11.9 Å². The number of benzene rings is 1. The highest BCUT2D eigenvalue weighted by Gasteiger charge is 2.22. The Labute approximate surface area is 120 Å². The number of carboxylic acid groups (broad SMARTS) is 1. The molecule has 0 bridgehead atoms. The Morgan fingerprint density at radius 3 is 2.57 bits per heavy atom. The van der Waals surface area contributed by atoms with E-state index in [9.17, 15) is 14.7 Å². The Morgan fingerprint density at radius 2 is 2.00 bits per heavy atom. The summed E-state index contributed by atoms with van der Waals surface area (Å²) in [6, 6.07) is 6.72. The minimum absolute atomic E-state index is 0.0331. The molecule has 7 heteroatoms. The average molecular weight is 290 g/mol. The lowest BCUT2D eigenvalue weighted by molar-refractivity contribution is 0.0686. The summed E-state index contributed by atoms with van der Waals surface area (Å²) in [5.41, 5.74) is -0.197. The fourth-order valence-corrected chi connectivity index (χ4v) is 1.75. The number of hydrogen-bond acceptors (Lipinski definition) is 5. The Bertz CT molecular complexity index is 690. The van der Waals surface area contributed by atoms with Gasteiger partial charge in [0.2, 0.25) is 0 Å². The number of carbonyl (C=O) groups is 2. The van der Waals surface area contributed by atoms with Crippen LogP contribution in [0.2, 0.25) is 0 Å². The van der Waals surface area contributed by atoms with Crippen LogP contribution in [-0.2, 0) is 0 Å². The van der Waals surface area contributed by atoms with E-state index in [1.54, 1.807) is 13.8 Å². The van der Waals surface area contributed by atoms with Gasteiger partial charge in [0.15, 0.2) is 5.69 Å². The summed E-state index contributed by atoms with van der Waals surface area (Å²) in [5, 5.41) is 22.1. The second-order valence-corrected chi connectivity index (χ2v) is 4.65. The van der Waals surface area contributed by atoms with Crippen molar-refractivity contribution < 1.29 is 24.5 Å². The molecule has 0 atom stereocenters. The number of aromatic nitrogens is 2. The third kappa shape index (κ3) is 3.19. The minimum Gasteiger partial charge on any atom is -0.508 e. The highest BCUT2D eigenvalue weighted by Crippen LogP contribution is 2.20. The number of rotatable bonds is 4. The van der Waals surface area contributed by atoms with Gasteiger partial charge in [-0.05, 0) is 26.0 Å². The van der Waals surface area contributed by atoms with Gasteiger partial charge in [-0.25, -0.2) is 9.59 Å². The SMILES string of the molecule is CC(C)n1nc(C(=O)O)cc1C(=O)Oc1cccc(O)c1. The number of ether oxygens (including phenoxy) is 1. The van der Waals surface area contributed by atoms with Crippen molar-refractivity contribution in [1.82, 2.24) is 9.78 Å². The van der Waals surface area contributed by atoms with Gasteiger partial charge in [-0.3, -0.25) is 4.68 Å². The smallest absolute Gasteiger partial charge is 0.362 e. The molecule has 7 nitrogen and oxygen atoms in total. The molecule has 0 saturated carbocycles. The highest BCUT2D eigenvalue weighted by atomic mass is 16.5. The van der Waals surface area contributed by atoms with E-state index in [-0.39, 0.29) is 28.9 Å². The number of aromatic hydroxyl groups is 1. The van der Waals surface area contributed by atoms with Crippen LogP contribution in [0.4, 0.5) is 0 Å². The zero-order chi connectivity index (χ0) is 15.6. The van der Waals surface area contributed by atoms with Crippen LogP contribution in [0.1, 0.15) is 40.9 Å². The summed E-state index contributed by atoms with van der Waals surface area (Å²) in [5.74, 6) is -1.84. The summed E-state index contributed by atoms with van der Waals surface area (Å²) >= 11 is 0. The molecule has 0 spiro atoms. The standard InChI is InChI=1S/C14H14N2O5/c1-8(2)16-12(7-11(15-16)13(18)19)14(20)21-10-5-3-4-9(17)6-10/h3-8,17H,1-2H3,(H,18,19). The first-order chi connectivity index (χ1) is 9.88. The third-order valence-electron chi connectivity index (χ3n) is 2.68. The van der Waals surface area contributed by atoms with Gasteiger partial charge < -0.3 is 14.9 Å². The first-order valence-electron chi connectivity index (χ1n) is 6.22. The molecule has 2 aromatic rings. The lowest BCUT2D eigenvalue weighted by atomic mass is 10.3. The molecule has 2 rings (SSSR count). The van der Waals surface area contributed by atoms with Crippen LogP contribution >= 0.6 is 0 Å². The fraction of sp³-hybridized carbons (Fsp3) is 0.214. The number of nitrogens with zero attached hydrogens (tertiary/aromatic N) is 2. The molecule has 0 unspecified atom stereocenters. The van der Waals surface area contributed by atoms with Crippen LogP contribution in [0.25, 0.3) is 0 Å². The zero-order valence-electron chi connectivity index (χ0n) is 11.5. The summed E-state index contributed by atoms with van der Waals surface area (Å²) < 4.78 is 6.40. The predicted molar refractivity (Wildman–Crippen MR) is 72.6 cm³/mol. The molecule has 2 N–H and O–H groups in total. The van der Waals surface area contributed by atoms with Crippen molar-refractivity contribution in [2.45, 2.75) is 19.9 Å². The molecule has 1 aromatic heterocycles. The van der Waals surface area contributed by atoms with Crippen LogP contribution in [0, 0.1) is 0 Å². The lowest BCUT2D eigenvalue weighted by Crippen LogP contribution is -2.17. The maximum atomic E-state index is 12.1. The van der Waals surface area contributed by atoms with E-state index in [4.69, 9.17) is 9.84 Å². The normalized spacial score (nSPS) is 10.6. The molecule has 110 valence electrons. The highest BCUT2D eigenvalue weighted by molar-refractivity contribution is 5.93. The lowest BCUT2D eigenvalue weighted by Gasteiger charge is -2.10. The van der Waals surface area contributed by atoms with Crippen molar-refractivity contribution in [3.05, 3.63) is 41.7 Å². The van der Waals surface area contributed by atoms with Gasteiger partial charge in [0.05, 0.1) is 0 Å². The van der Waals surface area contributed by atoms with E-state index in [0.29, 0.717) is 0 Å². The Kier molecular flexibility index (Phi) is 3.93. The Hall–Kier alpha value is -2.83. The van der Waals surface area contributed by atoms with Crippen molar-refractivity contribution >= 4 is 11.9 Å². The molecule has 0 saturated heterocycles. The van der Waals surface area contributed by atoms with Crippen LogP contribution in [0.3, 0.4) is 0 Å². The van der Waals surface area contributed by atoms with Crippen LogP contribution < -0.4 is 4.74 Å². The Balaban J connectivity index is 2.32. The van der Waals surface area contributed by atoms with Gasteiger partial charge in [-0.1, -0.05) is 6.07 Å². The molecule has 0 aliphatic heterocycles. The van der Waals surface area contributed by atoms with Gasteiger partial charge in [-0.2, -0.15) is 5.10 Å². The molecule has 0 amide bonds. The van der Waals surface area contributed by atoms with Crippen molar-refractivity contribution in [3.8, 4) is 11.5 Å². The van der Waals surface area contributed by atoms with Gasteiger partial charge in [0.1, 0.15) is 17.2 Å². The molecule has 1 heterocycles. The van der Waals surface area contributed by atoms with Crippen LogP contribution in [0.15, 0.2) is 30.3 Å². The molecular formula is C14H14N2O5. The zero-order valence-corrected chi connectivity index (χ0v) is 11.5. The third-order valence-corrected chi connectivity index (χ3v) is 2.68. The van der Waals surface area contributed by atoms with E-state index in [1.807, 2.05) is 0 Å². The fourth-order valence-electron chi connectivity index (χ4n) is 1.75. The van der Waals surface area contributed by atoms with Crippen molar-refractivity contribution in [2.24, 2.45) is 0 Å². The molecule has 0 aliphatic carbocycles. The molecule has 1 aromatic carbocycles. The van der Waals surface area contributed by atoms with Gasteiger partial charge in [0, 0.05) is 18.2 Å². The molecular weight excluding hydrogens is 276 g/mol. The van der Waals surface area contributed by atoms with Gasteiger partial charge in [-0.15, -0.1) is 0 Å². The number of phenols is 1. The monoisotopic (exact) mass is 290 g/mol.